The van der Waals surface area contributed by atoms with Crippen LogP contribution in [0.15, 0.2) is 53.0 Å². The molecule has 2 aromatic carbocycles. The second kappa shape index (κ2) is 8.70. The van der Waals surface area contributed by atoms with E-state index in [0.29, 0.717) is 23.7 Å². The molecule has 0 heterocycles. The third-order valence-corrected chi connectivity index (χ3v) is 3.90. The summed E-state index contributed by atoms with van der Waals surface area (Å²) in [6.45, 7) is 0.760. The van der Waals surface area contributed by atoms with Crippen LogP contribution >= 0.6 is 27.5 Å². The largest absolute Gasteiger partial charge is 0.354 e. The van der Waals surface area contributed by atoms with E-state index < -0.39 is 0 Å². The molecular weight excluding hydrogens is 380 g/mol. The molecule has 0 fully saturated rings. The van der Waals surface area contributed by atoms with E-state index in [1.807, 2.05) is 24.3 Å². The Morgan fingerprint density at radius 1 is 0.913 bits per heavy atom. The maximum Gasteiger partial charge on any atom is 0.251 e. The summed E-state index contributed by atoms with van der Waals surface area (Å²) < 4.78 is 0.920. The van der Waals surface area contributed by atoms with Crippen LogP contribution in [0.2, 0.25) is 5.02 Å². The molecule has 0 unspecified atom stereocenters. The molecule has 23 heavy (non-hydrogen) atoms. The van der Waals surface area contributed by atoms with Crippen molar-refractivity contribution in [2.45, 2.75) is 6.42 Å². The predicted octanol–water partition coefficient (Wildman–Crippen LogP) is 3.19. The summed E-state index contributed by atoms with van der Waals surface area (Å²) in [6.07, 6.45) is 0.290. The molecule has 0 aliphatic heterocycles. The standard InChI is InChI=1S/C17H16BrClN2O2/c18-14-5-3-13(4-6-14)17(23)21-10-9-20-16(22)11-12-1-7-15(19)8-2-12/h1-8H,9-11H2,(H,20,22)(H,21,23). The molecule has 0 atom stereocenters. The fourth-order valence-corrected chi connectivity index (χ4v) is 2.32. The van der Waals surface area contributed by atoms with Crippen molar-refractivity contribution in [3.63, 3.8) is 0 Å². The first-order chi connectivity index (χ1) is 11.0. The molecule has 0 aliphatic carbocycles. The van der Waals surface area contributed by atoms with Gasteiger partial charge in [-0.2, -0.15) is 0 Å². The molecule has 0 aromatic heterocycles. The van der Waals surface area contributed by atoms with Crippen LogP contribution in [0.4, 0.5) is 0 Å². The minimum absolute atomic E-state index is 0.0924. The van der Waals surface area contributed by atoms with Crippen LogP contribution in [0.1, 0.15) is 15.9 Å². The van der Waals surface area contributed by atoms with Crippen LogP contribution in [0.3, 0.4) is 0 Å². The van der Waals surface area contributed by atoms with E-state index in [0.717, 1.165) is 10.0 Å². The van der Waals surface area contributed by atoms with E-state index in [4.69, 9.17) is 11.6 Å². The van der Waals surface area contributed by atoms with Crippen LogP contribution in [0, 0.1) is 0 Å². The van der Waals surface area contributed by atoms with E-state index >= 15 is 0 Å². The molecule has 0 saturated heterocycles. The van der Waals surface area contributed by atoms with Gasteiger partial charge in [-0.1, -0.05) is 39.7 Å². The van der Waals surface area contributed by atoms with Crippen LogP contribution < -0.4 is 10.6 Å². The maximum absolute atomic E-state index is 11.9. The van der Waals surface area contributed by atoms with Gasteiger partial charge in [0.05, 0.1) is 6.42 Å². The average molecular weight is 396 g/mol. The first-order valence-electron chi connectivity index (χ1n) is 7.09. The molecule has 0 radical (unpaired) electrons. The molecule has 6 heteroatoms. The predicted molar refractivity (Wildman–Crippen MR) is 94.6 cm³/mol. The third kappa shape index (κ3) is 6.04. The smallest absolute Gasteiger partial charge is 0.251 e. The Hall–Kier alpha value is -1.85. The normalized spacial score (nSPS) is 10.2. The van der Waals surface area contributed by atoms with Crippen molar-refractivity contribution in [3.8, 4) is 0 Å². The van der Waals surface area contributed by atoms with Crippen molar-refractivity contribution < 1.29 is 9.59 Å². The summed E-state index contributed by atoms with van der Waals surface area (Å²) in [5.41, 5.74) is 1.48. The van der Waals surface area contributed by atoms with Gasteiger partial charge in [-0.05, 0) is 42.0 Å². The van der Waals surface area contributed by atoms with Gasteiger partial charge >= 0.3 is 0 Å². The second-order valence-corrected chi connectivity index (χ2v) is 6.27. The molecule has 2 amide bonds. The Labute approximate surface area is 148 Å². The van der Waals surface area contributed by atoms with Gasteiger partial charge in [0.15, 0.2) is 0 Å². The van der Waals surface area contributed by atoms with E-state index in [2.05, 4.69) is 26.6 Å². The minimum Gasteiger partial charge on any atom is -0.354 e. The van der Waals surface area contributed by atoms with Crippen molar-refractivity contribution in [1.82, 2.24) is 10.6 Å². The number of rotatable bonds is 6. The Morgan fingerprint density at radius 2 is 1.52 bits per heavy atom. The zero-order valence-corrected chi connectivity index (χ0v) is 14.7. The lowest BCUT2D eigenvalue weighted by molar-refractivity contribution is -0.120. The topological polar surface area (TPSA) is 58.2 Å². The van der Waals surface area contributed by atoms with Gasteiger partial charge in [-0.25, -0.2) is 0 Å². The molecule has 2 aromatic rings. The Balaban J connectivity index is 1.68. The first kappa shape index (κ1) is 17.5. The lowest BCUT2D eigenvalue weighted by atomic mass is 10.1. The summed E-state index contributed by atoms with van der Waals surface area (Å²) >= 11 is 9.11. The summed E-state index contributed by atoms with van der Waals surface area (Å²) in [7, 11) is 0. The van der Waals surface area contributed by atoms with Crippen LogP contribution in [0.5, 0.6) is 0 Å². The summed E-state index contributed by atoms with van der Waals surface area (Å²) in [5.74, 6) is -0.255. The zero-order valence-electron chi connectivity index (χ0n) is 12.3. The SMILES string of the molecule is O=C(Cc1ccc(Cl)cc1)NCCNC(=O)c1ccc(Br)cc1. The molecule has 4 nitrogen and oxygen atoms in total. The lowest BCUT2D eigenvalue weighted by Crippen LogP contribution is -2.35. The quantitative estimate of drug-likeness (QED) is 0.738. The highest BCUT2D eigenvalue weighted by Crippen LogP contribution is 2.10. The fraction of sp³-hybridized carbons (Fsp3) is 0.176. The molecule has 0 bridgehead atoms. The molecule has 0 spiro atoms. The van der Waals surface area contributed by atoms with Crippen molar-refractivity contribution in [1.29, 1.82) is 0 Å². The number of amides is 2. The number of hydrogen-bond donors (Lipinski definition) is 2. The van der Waals surface area contributed by atoms with E-state index in [9.17, 15) is 9.59 Å². The van der Waals surface area contributed by atoms with Crippen LogP contribution in [0.25, 0.3) is 0 Å². The van der Waals surface area contributed by atoms with Gasteiger partial charge in [0, 0.05) is 28.1 Å². The maximum atomic E-state index is 11.9. The second-order valence-electron chi connectivity index (χ2n) is 4.92. The Morgan fingerprint density at radius 3 is 2.17 bits per heavy atom. The molecule has 2 N–H and O–H groups in total. The van der Waals surface area contributed by atoms with Crippen molar-refractivity contribution in [3.05, 3.63) is 69.2 Å². The first-order valence-corrected chi connectivity index (χ1v) is 8.26. The van der Waals surface area contributed by atoms with Gasteiger partial charge in [-0.3, -0.25) is 9.59 Å². The molecule has 0 saturated carbocycles. The van der Waals surface area contributed by atoms with Crippen molar-refractivity contribution >= 4 is 39.3 Å². The van der Waals surface area contributed by atoms with Crippen LogP contribution in [-0.4, -0.2) is 24.9 Å². The van der Waals surface area contributed by atoms with Gasteiger partial charge < -0.3 is 10.6 Å². The van der Waals surface area contributed by atoms with Gasteiger partial charge in [-0.15, -0.1) is 0 Å². The monoisotopic (exact) mass is 394 g/mol. The summed E-state index contributed by atoms with van der Waals surface area (Å²) in [4.78, 5) is 23.7. The highest BCUT2D eigenvalue weighted by atomic mass is 79.9. The van der Waals surface area contributed by atoms with Gasteiger partial charge in [0.25, 0.3) is 5.91 Å². The Bertz CT molecular complexity index is 672. The molecule has 0 aliphatic rings. The Kier molecular flexibility index (Phi) is 6.62. The van der Waals surface area contributed by atoms with Crippen molar-refractivity contribution in [2.24, 2.45) is 0 Å². The molecule has 2 rings (SSSR count). The average Bonchev–Trinajstić information content (AvgIpc) is 2.54. The number of hydrogen-bond acceptors (Lipinski definition) is 2. The third-order valence-electron chi connectivity index (χ3n) is 3.12. The van der Waals surface area contributed by atoms with Crippen molar-refractivity contribution in [2.75, 3.05) is 13.1 Å². The highest BCUT2D eigenvalue weighted by molar-refractivity contribution is 9.10. The highest BCUT2D eigenvalue weighted by Gasteiger charge is 2.05. The zero-order chi connectivity index (χ0) is 16.7. The number of halogens is 2. The van der Waals surface area contributed by atoms with E-state index in [1.54, 1.807) is 24.3 Å². The number of benzene rings is 2. The summed E-state index contributed by atoms with van der Waals surface area (Å²) in [6, 6.07) is 14.2. The number of carbonyl (C=O) groups excluding carboxylic acids is 2. The number of carbonyl (C=O) groups is 2. The summed E-state index contributed by atoms with van der Waals surface area (Å²) in [5, 5.41) is 6.17. The van der Waals surface area contributed by atoms with Gasteiger partial charge in [0.1, 0.15) is 0 Å². The molecular formula is C17H16BrClN2O2. The lowest BCUT2D eigenvalue weighted by Gasteiger charge is -2.07. The van der Waals surface area contributed by atoms with E-state index in [-0.39, 0.29) is 18.2 Å². The number of nitrogens with one attached hydrogen (secondary N) is 2. The van der Waals surface area contributed by atoms with Gasteiger partial charge in [0.2, 0.25) is 5.91 Å². The fourth-order valence-electron chi connectivity index (χ4n) is 1.93. The molecule has 120 valence electrons. The van der Waals surface area contributed by atoms with E-state index in [1.165, 1.54) is 0 Å². The minimum atomic E-state index is -0.163. The van der Waals surface area contributed by atoms with Crippen LogP contribution in [-0.2, 0) is 11.2 Å².